The molecule has 2 heteroatoms. The number of furan rings is 1. The lowest BCUT2D eigenvalue weighted by Gasteiger charge is -2.32. The first-order valence-electron chi connectivity index (χ1n) is 19.0. The monoisotopic (exact) mass is 693 g/mol. The Bertz CT molecular complexity index is 3000. The SMILES string of the molecule is CC1(C)c2ccccc2-c2c(N(c3ccc(-c4ccc5oc6ccccc6c5c4)cc3)c3cc4ccccc4c4c3-c3ccccc3C4(C)C)cccc21. The van der Waals surface area contributed by atoms with Crippen molar-refractivity contribution in [3.8, 4) is 33.4 Å². The van der Waals surface area contributed by atoms with Crippen LogP contribution in [0.15, 0.2) is 168 Å². The molecule has 0 spiro atoms. The Hall–Kier alpha value is -6.38. The predicted octanol–water partition coefficient (Wildman–Crippen LogP) is 14.5. The minimum atomic E-state index is -0.166. The van der Waals surface area contributed by atoms with Gasteiger partial charge in [0.05, 0.1) is 11.4 Å². The molecular formula is C52H39NO. The topological polar surface area (TPSA) is 16.4 Å². The molecule has 0 saturated heterocycles. The number of nitrogens with zero attached hydrogens (tertiary/aromatic N) is 1. The molecule has 0 bridgehead atoms. The second kappa shape index (κ2) is 11.1. The Morgan fingerprint density at radius 3 is 1.83 bits per heavy atom. The van der Waals surface area contributed by atoms with Crippen LogP contribution in [-0.2, 0) is 10.8 Å². The van der Waals surface area contributed by atoms with E-state index in [0.717, 1.165) is 27.6 Å². The zero-order valence-electron chi connectivity index (χ0n) is 30.9. The van der Waals surface area contributed by atoms with E-state index in [1.165, 1.54) is 77.8 Å². The lowest BCUT2D eigenvalue weighted by molar-refractivity contribution is 0.660. The molecule has 54 heavy (non-hydrogen) atoms. The van der Waals surface area contributed by atoms with Gasteiger partial charge in [0, 0.05) is 38.4 Å². The normalized spacial score (nSPS) is 14.6. The summed E-state index contributed by atoms with van der Waals surface area (Å²) in [5.41, 5.74) is 18.2. The fraction of sp³-hybridized carbons (Fsp3) is 0.115. The van der Waals surface area contributed by atoms with Crippen LogP contribution in [0.5, 0.6) is 0 Å². The summed E-state index contributed by atoms with van der Waals surface area (Å²) in [5.74, 6) is 0. The molecule has 0 N–H and O–H groups in total. The molecule has 2 nitrogen and oxygen atoms in total. The third-order valence-corrected chi connectivity index (χ3v) is 12.4. The number of hydrogen-bond donors (Lipinski definition) is 0. The highest BCUT2D eigenvalue weighted by molar-refractivity contribution is 6.08. The van der Waals surface area contributed by atoms with E-state index in [9.17, 15) is 0 Å². The molecular weight excluding hydrogens is 655 g/mol. The zero-order valence-corrected chi connectivity index (χ0v) is 30.9. The van der Waals surface area contributed by atoms with Crippen molar-refractivity contribution in [2.24, 2.45) is 0 Å². The average molecular weight is 694 g/mol. The zero-order chi connectivity index (χ0) is 36.3. The molecule has 0 amide bonds. The van der Waals surface area contributed by atoms with Gasteiger partial charge in [-0.3, -0.25) is 0 Å². The molecule has 0 atom stereocenters. The maximum absolute atomic E-state index is 6.17. The number of anilines is 3. The summed E-state index contributed by atoms with van der Waals surface area (Å²) in [6.07, 6.45) is 0. The minimum Gasteiger partial charge on any atom is -0.456 e. The van der Waals surface area contributed by atoms with E-state index in [-0.39, 0.29) is 10.8 Å². The quantitative estimate of drug-likeness (QED) is 0.182. The van der Waals surface area contributed by atoms with Gasteiger partial charge in [0.25, 0.3) is 0 Å². The van der Waals surface area contributed by atoms with E-state index in [0.29, 0.717) is 0 Å². The van der Waals surface area contributed by atoms with Crippen LogP contribution in [0.1, 0.15) is 49.9 Å². The highest BCUT2D eigenvalue weighted by atomic mass is 16.3. The van der Waals surface area contributed by atoms with Crippen LogP contribution in [0.2, 0.25) is 0 Å². The fourth-order valence-corrected chi connectivity index (χ4v) is 9.85. The molecule has 0 aliphatic heterocycles. The van der Waals surface area contributed by atoms with Crippen LogP contribution in [0, 0.1) is 0 Å². The standard InChI is InChI=1S/C52H39NO/c1-51(2)41-19-10-7-17-38(41)48-43(51)21-13-22-44(48)53(35-27-24-32(25-28-35)33-26-29-47-40(30-33)37-16-9-12-23-46(37)54-47)45-31-34-14-5-6-15-36(34)50-49(45)39-18-8-11-20-42(39)52(50,3)4/h5-31H,1-4H3. The van der Waals surface area contributed by atoms with Crippen molar-refractivity contribution >= 4 is 49.8 Å². The summed E-state index contributed by atoms with van der Waals surface area (Å²) in [6.45, 7) is 9.53. The fourth-order valence-electron chi connectivity index (χ4n) is 9.85. The van der Waals surface area contributed by atoms with E-state index < -0.39 is 0 Å². The van der Waals surface area contributed by atoms with E-state index in [1.54, 1.807) is 0 Å². The molecule has 2 aliphatic carbocycles. The van der Waals surface area contributed by atoms with Gasteiger partial charge < -0.3 is 9.32 Å². The highest BCUT2D eigenvalue weighted by Crippen LogP contribution is 2.59. The summed E-state index contributed by atoms with van der Waals surface area (Å²) in [6, 6.07) is 60.4. The van der Waals surface area contributed by atoms with Crippen molar-refractivity contribution in [3.63, 3.8) is 0 Å². The number of para-hydroxylation sites is 1. The predicted molar refractivity (Wildman–Crippen MR) is 226 cm³/mol. The van der Waals surface area contributed by atoms with E-state index in [2.05, 4.69) is 184 Å². The van der Waals surface area contributed by atoms with E-state index >= 15 is 0 Å². The first kappa shape index (κ1) is 31.2. The molecule has 0 fully saturated rings. The van der Waals surface area contributed by atoms with Crippen molar-refractivity contribution in [3.05, 3.63) is 186 Å². The smallest absolute Gasteiger partial charge is 0.135 e. The summed E-state index contributed by atoms with van der Waals surface area (Å²) < 4.78 is 6.17. The van der Waals surface area contributed by atoms with Crippen molar-refractivity contribution in [1.82, 2.24) is 0 Å². The number of fused-ring (bicyclic) bond motifs is 11. The van der Waals surface area contributed by atoms with E-state index in [1.807, 2.05) is 12.1 Å². The van der Waals surface area contributed by atoms with Gasteiger partial charge in [-0.2, -0.15) is 0 Å². The maximum atomic E-state index is 6.17. The molecule has 2 aliphatic rings. The lowest BCUT2D eigenvalue weighted by atomic mass is 9.80. The first-order chi connectivity index (χ1) is 26.3. The number of rotatable bonds is 4. The largest absolute Gasteiger partial charge is 0.456 e. The third-order valence-electron chi connectivity index (χ3n) is 12.4. The van der Waals surface area contributed by atoms with Gasteiger partial charge in [0.2, 0.25) is 0 Å². The first-order valence-corrected chi connectivity index (χ1v) is 19.0. The van der Waals surface area contributed by atoms with Gasteiger partial charge in [-0.15, -0.1) is 0 Å². The Labute approximate surface area is 315 Å². The Balaban J connectivity index is 1.18. The molecule has 0 radical (unpaired) electrons. The minimum absolute atomic E-state index is 0.118. The Morgan fingerprint density at radius 1 is 0.426 bits per heavy atom. The molecule has 258 valence electrons. The van der Waals surface area contributed by atoms with Crippen LogP contribution < -0.4 is 4.90 Å². The molecule has 9 aromatic rings. The summed E-state index contributed by atoms with van der Waals surface area (Å²) >= 11 is 0. The maximum Gasteiger partial charge on any atom is 0.135 e. The molecule has 1 aromatic heterocycles. The average Bonchev–Trinajstić information content (AvgIpc) is 3.78. The van der Waals surface area contributed by atoms with Gasteiger partial charge in [0.15, 0.2) is 0 Å². The molecule has 11 rings (SSSR count). The van der Waals surface area contributed by atoms with Crippen LogP contribution in [0.3, 0.4) is 0 Å². The van der Waals surface area contributed by atoms with Crippen LogP contribution in [0.4, 0.5) is 17.1 Å². The lowest BCUT2D eigenvalue weighted by Crippen LogP contribution is -2.17. The van der Waals surface area contributed by atoms with Gasteiger partial charge in [-0.25, -0.2) is 0 Å². The van der Waals surface area contributed by atoms with Gasteiger partial charge in [0.1, 0.15) is 11.2 Å². The number of hydrogen-bond acceptors (Lipinski definition) is 2. The highest BCUT2D eigenvalue weighted by Gasteiger charge is 2.41. The van der Waals surface area contributed by atoms with Gasteiger partial charge in [-0.1, -0.05) is 149 Å². The molecule has 8 aromatic carbocycles. The summed E-state index contributed by atoms with van der Waals surface area (Å²) in [7, 11) is 0. The summed E-state index contributed by atoms with van der Waals surface area (Å²) in [4.78, 5) is 2.55. The summed E-state index contributed by atoms with van der Waals surface area (Å²) in [5, 5.41) is 4.86. The molecule has 0 unspecified atom stereocenters. The van der Waals surface area contributed by atoms with Crippen molar-refractivity contribution in [2.45, 2.75) is 38.5 Å². The second-order valence-electron chi connectivity index (χ2n) is 16.1. The second-order valence-corrected chi connectivity index (χ2v) is 16.1. The number of benzene rings is 8. The van der Waals surface area contributed by atoms with Crippen LogP contribution in [0.25, 0.3) is 66.1 Å². The van der Waals surface area contributed by atoms with Gasteiger partial charge >= 0.3 is 0 Å². The van der Waals surface area contributed by atoms with Crippen molar-refractivity contribution in [2.75, 3.05) is 4.90 Å². The van der Waals surface area contributed by atoms with Crippen LogP contribution >= 0.6 is 0 Å². The Morgan fingerprint density at radius 2 is 1.04 bits per heavy atom. The Kier molecular flexibility index (Phi) is 6.39. The van der Waals surface area contributed by atoms with Crippen LogP contribution in [-0.4, -0.2) is 0 Å². The van der Waals surface area contributed by atoms with Crippen molar-refractivity contribution in [1.29, 1.82) is 0 Å². The molecule has 1 heterocycles. The van der Waals surface area contributed by atoms with Gasteiger partial charge in [-0.05, 0) is 97.7 Å². The van der Waals surface area contributed by atoms with E-state index in [4.69, 9.17) is 4.42 Å². The molecule has 0 saturated carbocycles. The van der Waals surface area contributed by atoms with Crippen molar-refractivity contribution < 1.29 is 4.42 Å². The third kappa shape index (κ3) is 4.23.